The predicted molar refractivity (Wildman–Crippen MR) is 117 cm³/mol. The summed E-state index contributed by atoms with van der Waals surface area (Å²) in [6, 6.07) is 20.9. The highest BCUT2D eigenvalue weighted by atomic mass is 16.5. The molecular weight excluding hydrogens is 376 g/mol. The molecule has 4 rings (SSSR count). The summed E-state index contributed by atoms with van der Waals surface area (Å²) in [6.07, 6.45) is 2.65. The molecule has 0 bridgehead atoms. The van der Waals surface area contributed by atoms with Crippen LogP contribution in [0.4, 0.5) is 0 Å². The van der Waals surface area contributed by atoms with Gasteiger partial charge in [0.15, 0.2) is 0 Å². The number of benzene rings is 2. The number of hydrogen-bond donors (Lipinski definition) is 0. The van der Waals surface area contributed by atoms with Crippen LogP contribution in [0.25, 0.3) is 0 Å². The Bertz CT molecular complexity index is 775. The Kier molecular flexibility index (Phi) is 7.51. The quantitative estimate of drug-likeness (QED) is 0.706. The first-order chi connectivity index (χ1) is 14.8. The number of nitrogens with zero attached hydrogens (tertiary/aromatic N) is 2. The normalized spacial score (nSPS) is 20.9. The first kappa shape index (κ1) is 21.0. The largest absolute Gasteiger partial charge is 0.378 e. The number of piperidine rings is 1. The van der Waals surface area contributed by atoms with Crippen molar-refractivity contribution in [1.29, 1.82) is 0 Å². The first-order valence-electron chi connectivity index (χ1n) is 11.1. The van der Waals surface area contributed by atoms with E-state index in [1.54, 1.807) is 0 Å². The van der Waals surface area contributed by atoms with Gasteiger partial charge in [0.1, 0.15) is 6.10 Å². The molecule has 0 saturated carbocycles. The molecule has 2 aliphatic rings. The maximum atomic E-state index is 13.0. The minimum Gasteiger partial charge on any atom is -0.378 e. The second-order valence-electron chi connectivity index (χ2n) is 8.21. The van der Waals surface area contributed by atoms with Gasteiger partial charge in [-0.25, -0.2) is 0 Å². The summed E-state index contributed by atoms with van der Waals surface area (Å²) in [5.41, 5.74) is 2.58. The van der Waals surface area contributed by atoms with Gasteiger partial charge in [-0.2, -0.15) is 0 Å². The van der Waals surface area contributed by atoms with E-state index in [4.69, 9.17) is 9.47 Å². The molecule has 0 radical (unpaired) electrons. The molecule has 5 nitrogen and oxygen atoms in total. The number of carbonyl (C=O) groups excluding carboxylic acids is 1. The smallest absolute Gasteiger partial charge is 0.253 e. The van der Waals surface area contributed by atoms with Crippen LogP contribution in [0.1, 0.15) is 24.0 Å². The fourth-order valence-corrected chi connectivity index (χ4v) is 4.27. The molecule has 0 spiro atoms. The van der Waals surface area contributed by atoms with Crippen molar-refractivity contribution in [2.75, 3.05) is 39.4 Å². The van der Waals surface area contributed by atoms with Crippen LogP contribution in [0, 0.1) is 0 Å². The maximum absolute atomic E-state index is 13.0. The Morgan fingerprint density at radius 2 is 1.60 bits per heavy atom. The lowest BCUT2D eigenvalue weighted by Crippen LogP contribution is -2.52. The molecule has 2 fully saturated rings. The number of likely N-dealkylation sites (tertiary alicyclic amines) is 1. The number of carbonyl (C=O) groups is 1. The highest BCUT2D eigenvalue weighted by molar-refractivity contribution is 5.81. The monoisotopic (exact) mass is 408 g/mol. The van der Waals surface area contributed by atoms with Crippen molar-refractivity contribution in [2.24, 2.45) is 0 Å². The average molecular weight is 409 g/mol. The first-order valence-corrected chi connectivity index (χ1v) is 11.1. The minimum absolute atomic E-state index is 0.135. The van der Waals surface area contributed by atoms with E-state index >= 15 is 0 Å². The van der Waals surface area contributed by atoms with Gasteiger partial charge in [0.05, 0.1) is 19.3 Å². The van der Waals surface area contributed by atoms with E-state index in [1.807, 2.05) is 17.0 Å². The van der Waals surface area contributed by atoms with Crippen molar-refractivity contribution in [3.05, 3.63) is 71.8 Å². The van der Waals surface area contributed by atoms with Crippen LogP contribution in [-0.2, 0) is 27.2 Å². The molecule has 0 aromatic heterocycles. The highest BCUT2D eigenvalue weighted by Crippen LogP contribution is 2.18. The van der Waals surface area contributed by atoms with Crippen LogP contribution in [-0.4, -0.2) is 67.3 Å². The lowest BCUT2D eigenvalue weighted by Gasteiger charge is -2.37. The average Bonchev–Trinajstić information content (AvgIpc) is 2.81. The number of rotatable bonds is 7. The van der Waals surface area contributed by atoms with E-state index in [1.165, 1.54) is 11.1 Å². The van der Waals surface area contributed by atoms with Gasteiger partial charge in [0.2, 0.25) is 0 Å². The lowest BCUT2D eigenvalue weighted by atomic mass is 10.1. The van der Waals surface area contributed by atoms with E-state index in [0.29, 0.717) is 13.2 Å². The summed E-state index contributed by atoms with van der Waals surface area (Å²) in [7, 11) is 0. The molecule has 2 heterocycles. The molecule has 30 heavy (non-hydrogen) atoms. The standard InChI is InChI=1S/C25H32N2O3/c28-25(24-20-26(16-18-30-24)19-22-9-5-2-6-10-22)27-14-11-23(12-15-27)29-17-13-21-7-3-1-4-8-21/h1-10,23-24H,11-20H2. The molecule has 2 aliphatic heterocycles. The van der Waals surface area contributed by atoms with E-state index < -0.39 is 0 Å². The van der Waals surface area contributed by atoms with E-state index in [2.05, 4.69) is 53.4 Å². The molecule has 2 aromatic carbocycles. The molecule has 2 aromatic rings. The molecule has 0 aliphatic carbocycles. The number of amides is 1. The van der Waals surface area contributed by atoms with Crippen molar-refractivity contribution in [3.8, 4) is 0 Å². The third-order valence-electron chi connectivity index (χ3n) is 6.02. The third kappa shape index (κ3) is 5.91. The van der Waals surface area contributed by atoms with Gasteiger partial charge in [-0.1, -0.05) is 60.7 Å². The lowest BCUT2D eigenvalue weighted by molar-refractivity contribution is -0.152. The van der Waals surface area contributed by atoms with E-state index in [-0.39, 0.29) is 18.1 Å². The van der Waals surface area contributed by atoms with Crippen LogP contribution in [0.15, 0.2) is 60.7 Å². The summed E-state index contributed by atoms with van der Waals surface area (Å²) in [5, 5.41) is 0. The predicted octanol–water partition coefficient (Wildman–Crippen LogP) is 3.14. The van der Waals surface area contributed by atoms with Crippen LogP contribution in [0.3, 0.4) is 0 Å². The van der Waals surface area contributed by atoms with E-state index in [9.17, 15) is 4.79 Å². The number of ether oxygens (including phenoxy) is 2. The molecule has 1 atom stereocenters. The van der Waals surface area contributed by atoms with Crippen molar-refractivity contribution >= 4 is 5.91 Å². The van der Waals surface area contributed by atoms with Crippen LogP contribution in [0.5, 0.6) is 0 Å². The summed E-state index contributed by atoms with van der Waals surface area (Å²) < 4.78 is 11.9. The molecule has 1 amide bonds. The van der Waals surface area contributed by atoms with Crippen molar-refractivity contribution in [1.82, 2.24) is 9.80 Å². The summed E-state index contributed by atoms with van der Waals surface area (Å²) >= 11 is 0. The number of morpholine rings is 1. The Labute approximate surface area is 179 Å². The van der Waals surface area contributed by atoms with E-state index in [0.717, 1.165) is 52.0 Å². The summed E-state index contributed by atoms with van der Waals surface area (Å²) in [6.45, 7) is 5.27. The van der Waals surface area contributed by atoms with Crippen LogP contribution in [0.2, 0.25) is 0 Å². The second kappa shape index (κ2) is 10.7. The minimum atomic E-state index is -0.349. The fraction of sp³-hybridized carbons (Fsp3) is 0.480. The third-order valence-corrected chi connectivity index (χ3v) is 6.02. The molecule has 0 N–H and O–H groups in total. The maximum Gasteiger partial charge on any atom is 0.253 e. The molecule has 5 heteroatoms. The van der Waals surface area contributed by atoms with Gasteiger partial charge in [-0.15, -0.1) is 0 Å². The van der Waals surface area contributed by atoms with Gasteiger partial charge in [0.25, 0.3) is 5.91 Å². The Morgan fingerprint density at radius 3 is 2.30 bits per heavy atom. The summed E-state index contributed by atoms with van der Waals surface area (Å²) in [4.78, 5) is 17.3. The molecule has 1 unspecified atom stereocenters. The van der Waals surface area contributed by atoms with Gasteiger partial charge in [-0.05, 0) is 30.4 Å². The van der Waals surface area contributed by atoms with Crippen molar-refractivity contribution < 1.29 is 14.3 Å². The zero-order valence-corrected chi connectivity index (χ0v) is 17.6. The summed E-state index contributed by atoms with van der Waals surface area (Å²) in [5.74, 6) is 0.135. The highest BCUT2D eigenvalue weighted by Gasteiger charge is 2.32. The SMILES string of the molecule is O=C(C1CN(Cc2ccccc2)CCO1)N1CCC(OCCc2ccccc2)CC1. The van der Waals surface area contributed by atoms with Crippen molar-refractivity contribution in [2.45, 2.75) is 38.0 Å². The van der Waals surface area contributed by atoms with Gasteiger partial charge in [0, 0.05) is 32.7 Å². The molecular formula is C25H32N2O3. The number of hydrogen-bond acceptors (Lipinski definition) is 4. The van der Waals surface area contributed by atoms with Gasteiger partial charge in [-0.3, -0.25) is 9.69 Å². The Morgan fingerprint density at radius 1 is 0.933 bits per heavy atom. The Hall–Kier alpha value is -2.21. The zero-order valence-electron chi connectivity index (χ0n) is 17.6. The van der Waals surface area contributed by atoms with Crippen LogP contribution < -0.4 is 0 Å². The molecule has 2 saturated heterocycles. The fourth-order valence-electron chi connectivity index (χ4n) is 4.27. The zero-order chi connectivity index (χ0) is 20.6. The van der Waals surface area contributed by atoms with Gasteiger partial charge >= 0.3 is 0 Å². The van der Waals surface area contributed by atoms with Gasteiger partial charge < -0.3 is 14.4 Å². The topological polar surface area (TPSA) is 42.0 Å². The Balaban J connectivity index is 1.19. The second-order valence-corrected chi connectivity index (χ2v) is 8.21. The van der Waals surface area contributed by atoms with Crippen LogP contribution >= 0.6 is 0 Å². The van der Waals surface area contributed by atoms with Crippen molar-refractivity contribution in [3.63, 3.8) is 0 Å². The molecule has 160 valence electrons.